The summed E-state index contributed by atoms with van der Waals surface area (Å²) in [6.07, 6.45) is 1.22. The highest BCUT2D eigenvalue weighted by atomic mass is 16.6. The molecule has 10 nitrogen and oxygen atoms in total. The molecular formula is C32H37N3O7. The zero-order valence-electron chi connectivity index (χ0n) is 24.2. The summed E-state index contributed by atoms with van der Waals surface area (Å²) in [5, 5.41) is 21.8. The van der Waals surface area contributed by atoms with Crippen molar-refractivity contribution in [1.29, 1.82) is 0 Å². The molecule has 1 aliphatic heterocycles. The van der Waals surface area contributed by atoms with Crippen LogP contribution < -0.4 is 14.4 Å². The maximum absolute atomic E-state index is 13.4. The van der Waals surface area contributed by atoms with E-state index in [1.807, 2.05) is 48.5 Å². The van der Waals surface area contributed by atoms with Gasteiger partial charge in [-0.25, -0.2) is 4.73 Å². The van der Waals surface area contributed by atoms with Crippen LogP contribution in [0.1, 0.15) is 50.3 Å². The molecule has 0 radical (unpaired) electrons. The van der Waals surface area contributed by atoms with Crippen molar-refractivity contribution in [3.8, 4) is 5.75 Å². The highest BCUT2D eigenvalue weighted by molar-refractivity contribution is 5.86. The summed E-state index contributed by atoms with van der Waals surface area (Å²) < 4.78 is 12.2. The minimum absolute atomic E-state index is 0.163. The Kier molecular flexibility index (Phi) is 9.67. The van der Waals surface area contributed by atoms with Crippen LogP contribution in [-0.4, -0.2) is 46.7 Å². The molecular weight excluding hydrogens is 538 g/mol. The lowest BCUT2D eigenvalue weighted by Gasteiger charge is -2.24. The van der Waals surface area contributed by atoms with Crippen LogP contribution in [0.5, 0.6) is 5.75 Å². The summed E-state index contributed by atoms with van der Waals surface area (Å²) in [7, 11) is 0. The summed E-state index contributed by atoms with van der Waals surface area (Å²) in [5.41, 5.74) is 2.05. The van der Waals surface area contributed by atoms with E-state index in [0.717, 1.165) is 16.7 Å². The Morgan fingerprint density at radius 2 is 1.81 bits per heavy atom. The molecule has 1 aromatic heterocycles. The molecule has 0 saturated carbocycles. The summed E-state index contributed by atoms with van der Waals surface area (Å²) >= 11 is 0. The number of carboxylic acid groups (broad SMARTS) is 1. The summed E-state index contributed by atoms with van der Waals surface area (Å²) in [6, 6.07) is 20.0. The number of aromatic nitrogens is 1. The van der Waals surface area contributed by atoms with Crippen molar-refractivity contribution in [3.63, 3.8) is 0 Å². The Bertz CT molecular complexity index is 1400. The first-order valence-corrected chi connectivity index (χ1v) is 14.0. The van der Waals surface area contributed by atoms with E-state index in [1.165, 1.54) is 11.1 Å². The topological polar surface area (TPSA) is 123 Å². The van der Waals surface area contributed by atoms with Gasteiger partial charge in [-0.15, -0.1) is 0 Å². The molecule has 2 aromatic carbocycles. The van der Waals surface area contributed by atoms with Crippen molar-refractivity contribution >= 4 is 23.8 Å². The molecule has 1 atom stereocenters. The monoisotopic (exact) mass is 575 g/mol. The molecule has 222 valence electrons. The minimum atomic E-state index is -1.00. The van der Waals surface area contributed by atoms with E-state index in [9.17, 15) is 24.7 Å². The van der Waals surface area contributed by atoms with E-state index in [2.05, 4.69) is 0 Å². The third-order valence-electron chi connectivity index (χ3n) is 6.79. The van der Waals surface area contributed by atoms with Gasteiger partial charge in [-0.2, -0.15) is 9.69 Å². The van der Waals surface area contributed by atoms with Gasteiger partial charge in [-0.1, -0.05) is 42.5 Å². The van der Waals surface area contributed by atoms with Gasteiger partial charge in [0, 0.05) is 25.6 Å². The Morgan fingerprint density at radius 1 is 1.07 bits per heavy atom. The van der Waals surface area contributed by atoms with Gasteiger partial charge in [-0.3, -0.25) is 9.59 Å². The Balaban J connectivity index is 1.46. The molecule has 1 N–H and O–H groups in total. The van der Waals surface area contributed by atoms with Crippen LogP contribution in [0.4, 0.5) is 10.6 Å². The van der Waals surface area contributed by atoms with Crippen LogP contribution in [0.2, 0.25) is 0 Å². The predicted molar refractivity (Wildman–Crippen MR) is 156 cm³/mol. The molecule has 42 heavy (non-hydrogen) atoms. The summed E-state index contributed by atoms with van der Waals surface area (Å²) in [4.78, 5) is 40.8. The van der Waals surface area contributed by atoms with Crippen molar-refractivity contribution in [2.75, 3.05) is 18.1 Å². The van der Waals surface area contributed by atoms with Gasteiger partial charge >= 0.3 is 12.1 Å². The number of fused-ring (bicyclic) bond motifs is 1. The van der Waals surface area contributed by atoms with Crippen molar-refractivity contribution in [2.24, 2.45) is 5.92 Å². The first-order chi connectivity index (χ1) is 20.0. The summed E-state index contributed by atoms with van der Waals surface area (Å²) in [6.45, 7) is 6.46. The average molecular weight is 576 g/mol. The molecule has 0 spiro atoms. The largest absolute Gasteiger partial charge is 0.711 e. The maximum atomic E-state index is 13.4. The molecule has 2 amide bonds. The molecule has 1 aliphatic rings. The number of rotatable bonds is 10. The maximum Gasteiger partial charge on any atom is 0.507 e. The van der Waals surface area contributed by atoms with Crippen LogP contribution in [-0.2, 0) is 33.8 Å². The lowest BCUT2D eigenvalue weighted by Crippen LogP contribution is -2.44. The SMILES string of the molecule is CC(C)(C)OC(=O)N(CCCOc1ccc2c(c1)CN(Cc1ccccc1)C(=O)C(CC(=O)O)C2)c1cccc[n+]1[O-]. The quantitative estimate of drug-likeness (QED) is 0.211. The molecule has 10 heteroatoms. The molecule has 0 fully saturated rings. The van der Waals surface area contributed by atoms with Crippen molar-refractivity contribution in [3.05, 3.63) is 94.8 Å². The minimum Gasteiger partial charge on any atom is -0.711 e. The lowest BCUT2D eigenvalue weighted by molar-refractivity contribution is -0.591. The van der Waals surface area contributed by atoms with E-state index in [0.29, 0.717) is 36.4 Å². The van der Waals surface area contributed by atoms with E-state index >= 15 is 0 Å². The fourth-order valence-electron chi connectivity index (χ4n) is 4.90. The second-order valence-corrected chi connectivity index (χ2v) is 11.3. The van der Waals surface area contributed by atoms with Gasteiger partial charge in [-0.05, 0) is 62.1 Å². The van der Waals surface area contributed by atoms with Crippen LogP contribution in [0.3, 0.4) is 0 Å². The zero-order valence-corrected chi connectivity index (χ0v) is 24.2. The Morgan fingerprint density at radius 3 is 2.50 bits per heavy atom. The van der Waals surface area contributed by atoms with Gasteiger partial charge in [0.2, 0.25) is 5.91 Å². The molecule has 1 unspecified atom stereocenters. The van der Waals surface area contributed by atoms with Gasteiger partial charge in [0.15, 0.2) is 0 Å². The van der Waals surface area contributed by atoms with E-state index in [4.69, 9.17) is 9.47 Å². The number of hydrogen-bond acceptors (Lipinski definition) is 6. The zero-order chi connectivity index (χ0) is 30.3. The fourth-order valence-corrected chi connectivity index (χ4v) is 4.90. The number of carbonyl (C=O) groups is 3. The highest BCUT2D eigenvalue weighted by Crippen LogP contribution is 2.29. The average Bonchev–Trinajstić information content (AvgIpc) is 3.04. The number of nitrogens with zero attached hydrogens (tertiary/aromatic N) is 3. The Hall–Kier alpha value is -4.60. The van der Waals surface area contributed by atoms with E-state index in [1.54, 1.807) is 43.9 Å². The lowest BCUT2D eigenvalue weighted by atomic mass is 9.94. The van der Waals surface area contributed by atoms with Crippen molar-refractivity contribution in [1.82, 2.24) is 4.90 Å². The predicted octanol–water partition coefficient (Wildman–Crippen LogP) is 4.71. The number of hydrogen-bond donors (Lipinski definition) is 1. The van der Waals surface area contributed by atoms with Crippen LogP contribution >= 0.6 is 0 Å². The van der Waals surface area contributed by atoms with Gasteiger partial charge in [0.25, 0.3) is 5.82 Å². The third kappa shape index (κ3) is 8.22. The number of anilines is 1. The number of carboxylic acids is 1. The smallest absolute Gasteiger partial charge is 0.507 e. The second kappa shape index (κ2) is 13.4. The van der Waals surface area contributed by atoms with Crippen molar-refractivity contribution in [2.45, 2.75) is 58.7 Å². The van der Waals surface area contributed by atoms with Gasteiger partial charge in [0.05, 0.1) is 25.1 Å². The third-order valence-corrected chi connectivity index (χ3v) is 6.79. The number of ether oxygens (including phenoxy) is 2. The number of pyridine rings is 1. The standard InChI is InChI=1S/C32H37N3O7/c1-32(2,3)42-31(39)34(28-12-7-8-16-35(28)40)15-9-17-41-27-14-13-24-18-25(20-29(36)37)30(38)33(22-26(24)19-27)21-23-10-5-4-6-11-23/h4-8,10-14,16,19,25H,9,15,17-18,20-22H2,1-3H3,(H,36,37). The first-order valence-electron chi connectivity index (χ1n) is 14.0. The molecule has 0 bridgehead atoms. The van der Waals surface area contributed by atoms with Gasteiger partial charge in [0.1, 0.15) is 17.9 Å². The van der Waals surface area contributed by atoms with Crippen LogP contribution in [0.25, 0.3) is 0 Å². The van der Waals surface area contributed by atoms with Crippen molar-refractivity contribution < 1.29 is 33.7 Å². The second-order valence-electron chi connectivity index (χ2n) is 11.3. The molecule has 4 rings (SSSR count). The normalized spacial score (nSPS) is 15.0. The highest BCUT2D eigenvalue weighted by Gasteiger charge is 2.32. The fraction of sp³-hybridized carbons (Fsp3) is 0.375. The number of benzene rings is 2. The number of amides is 2. The number of aliphatic carboxylic acids is 1. The number of carbonyl (C=O) groups excluding carboxylic acids is 2. The summed E-state index contributed by atoms with van der Waals surface area (Å²) in [5.74, 6) is -1.08. The molecule has 0 saturated heterocycles. The Labute approximate surface area is 245 Å². The molecule has 0 aliphatic carbocycles. The van der Waals surface area contributed by atoms with Crippen LogP contribution in [0.15, 0.2) is 72.9 Å². The molecule has 3 aromatic rings. The van der Waals surface area contributed by atoms with Crippen LogP contribution in [0, 0.1) is 11.1 Å². The van der Waals surface area contributed by atoms with E-state index < -0.39 is 23.6 Å². The first kappa shape index (κ1) is 30.4. The molecule has 2 heterocycles. The van der Waals surface area contributed by atoms with Gasteiger partial charge < -0.3 is 24.7 Å². The van der Waals surface area contributed by atoms with E-state index in [-0.39, 0.29) is 31.3 Å².